The molecule has 3 rings (SSSR count). The first kappa shape index (κ1) is 8.00. The van der Waals surface area contributed by atoms with Crippen LogP contribution < -0.4 is 0 Å². The lowest BCUT2D eigenvalue weighted by molar-refractivity contribution is 0.668. The zero-order valence-corrected chi connectivity index (χ0v) is 8.78. The number of rotatable bonds is 0. The molecule has 0 radical (unpaired) electrons. The van der Waals surface area contributed by atoms with Gasteiger partial charge in [0.05, 0.1) is 0 Å². The molecule has 0 atom stereocenters. The third-order valence-corrected chi connectivity index (χ3v) is 2.62. The van der Waals surface area contributed by atoms with Crippen molar-refractivity contribution in [2.75, 3.05) is 0 Å². The number of aromatic nitrogens is 1. The number of halogens is 1. The largest absolute Gasteiger partial charge is 0.454 e. The highest BCUT2D eigenvalue weighted by molar-refractivity contribution is 9.10. The minimum absolute atomic E-state index is 0.820. The topological polar surface area (TPSA) is 26.0 Å². The van der Waals surface area contributed by atoms with E-state index in [0.29, 0.717) is 0 Å². The van der Waals surface area contributed by atoms with E-state index in [0.717, 1.165) is 26.5 Å². The van der Waals surface area contributed by atoms with Crippen molar-refractivity contribution in [3.63, 3.8) is 0 Å². The van der Waals surface area contributed by atoms with Gasteiger partial charge in [-0.05, 0) is 34.1 Å². The zero-order chi connectivity index (χ0) is 9.54. The predicted octanol–water partition coefficient (Wildman–Crippen LogP) is 3.74. The summed E-state index contributed by atoms with van der Waals surface area (Å²) in [7, 11) is 0. The van der Waals surface area contributed by atoms with Crippen LogP contribution in [-0.2, 0) is 0 Å². The molecule has 0 spiro atoms. The lowest BCUT2D eigenvalue weighted by atomic mass is 10.2. The second-order valence-corrected chi connectivity index (χ2v) is 4.01. The van der Waals surface area contributed by atoms with Crippen molar-refractivity contribution >= 4 is 38.0 Å². The molecule has 0 saturated heterocycles. The average Bonchev–Trinajstić information content (AvgIpc) is 2.54. The van der Waals surface area contributed by atoms with Crippen molar-refractivity contribution in [3.05, 3.63) is 41.0 Å². The molecule has 2 heterocycles. The fraction of sp³-hybridized carbons (Fsp3) is 0. The first-order valence-corrected chi connectivity index (χ1v) is 5.07. The Morgan fingerprint density at radius 2 is 2.00 bits per heavy atom. The van der Waals surface area contributed by atoms with Gasteiger partial charge in [-0.25, -0.2) is 0 Å². The Bertz CT molecular complexity index is 615. The van der Waals surface area contributed by atoms with Crippen LogP contribution in [0.4, 0.5) is 0 Å². The third kappa shape index (κ3) is 1.06. The maximum atomic E-state index is 5.64. The van der Waals surface area contributed by atoms with Gasteiger partial charge in [0.1, 0.15) is 11.1 Å². The summed E-state index contributed by atoms with van der Waals surface area (Å²) in [6, 6.07) is 9.84. The van der Waals surface area contributed by atoms with Gasteiger partial charge >= 0.3 is 0 Å². The van der Waals surface area contributed by atoms with Gasteiger partial charge in [0.25, 0.3) is 0 Å². The lowest BCUT2D eigenvalue weighted by Gasteiger charge is -1.88. The van der Waals surface area contributed by atoms with Gasteiger partial charge in [0.2, 0.25) is 0 Å². The molecule has 0 saturated carbocycles. The van der Waals surface area contributed by atoms with E-state index >= 15 is 0 Å². The molecule has 0 aliphatic heterocycles. The lowest BCUT2D eigenvalue weighted by Crippen LogP contribution is -1.72. The third-order valence-electron chi connectivity index (χ3n) is 2.18. The Morgan fingerprint density at radius 1 is 1.14 bits per heavy atom. The van der Waals surface area contributed by atoms with E-state index in [-0.39, 0.29) is 0 Å². The van der Waals surface area contributed by atoms with Crippen LogP contribution in [-0.4, -0.2) is 4.98 Å². The summed E-state index contributed by atoms with van der Waals surface area (Å²) in [6.45, 7) is 0. The normalized spacial score (nSPS) is 11.2. The quantitative estimate of drug-likeness (QED) is 0.605. The summed E-state index contributed by atoms with van der Waals surface area (Å²) in [5, 5.41) is 1.06. The van der Waals surface area contributed by atoms with Crippen molar-refractivity contribution < 1.29 is 4.42 Å². The van der Waals surface area contributed by atoms with Gasteiger partial charge in [0.15, 0.2) is 5.58 Å². The second-order valence-electron chi connectivity index (χ2n) is 3.10. The molecule has 3 heteroatoms. The summed E-state index contributed by atoms with van der Waals surface area (Å²) >= 11 is 3.37. The number of fused-ring (bicyclic) bond motifs is 3. The molecular weight excluding hydrogens is 242 g/mol. The fourth-order valence-corrected chi connectivity index (χ4v) is 1.88. The van der Waals surface area contributed by atoms with E-state index in [1.165, 1.54) is 0 Å². The molecule has 0 N–H and O–H groups in total. The highest BCUT2D eigenvalue weighted by Crippen LogP contribution is 2.28. The summed E-state index contributed by atoms with van der Waals surface area (Å²) in [5.41, 5.74) is 2.62. The molecule has 0 amide bonds. The molecular formula is C11H6BrNO. The smallest absolute Gasteiger partial charge is 0.154 e. The van der Waals surface area contributed by atoms with Crippen LogP contribution in [0.15, 0.2) is 45.4 Å². The molecule has 0 fully saturated rings. The standard InChI is InChI=1S/C11H6BrNO/c12-7-5-10-11(13-6-7)8-3-1-2-4-9(8)14-10/h1-6H. The number of hydrogen-bond acceptors (Lipinski definition) is 2. The van der Waals surface area contributed by atoms with Crippen LogP contribution in [0.3, 0.4) is 0 Å². The second kappa shape index (κ2) is 2.82. The van der Waals surface area contributed by atoms with Gasteiger partial charge < -0.3 is 4.42 Å². The number of hydrogen-bond donors (Lipinski definition) is 0. The van der Waals surface area contributed by atoms with Crippen LogP contribution in [0.2, 0.25) is 0 Å². The Balaban J connectivity index is 2.57. The molecule has 0 aliphatic rings. The van der Waals surface area contributed by atoms with Crippen molar-refractivity contribution in [1.29, 1.82) is 0 Å². The summed E-state index contributed by atoms with van der Waals surface area (Å²) in [6.07, 6.45) is 1.78. The number of para-hydroxylation sites is 1. The van der Waals surface area contributed by atoms with Crippen molar-refractivity contribution in [3.8, 4) is 0 Å². The maximum Gasteiger partial charge on any atom is 0.154 e. The Labute approximate surface area is 88.7 Å². The Kier molecular flexibility index (Phi) is 1.61. The molecule has 1 aromatic carbocycles. The molecule has 2 aromatic heterocycles. The molecule has 2 nitrogen and oxygen atoms in total. The minimum Gasteiger partial charge on any atom is -0.454 e. The van der Waals surface area contributed by atoms with Gasteiger partial charge in [-0.3, -0.25) is 4.98 Å². The van der Waals surface area contributed by atoms with Gasteiger partial charge in [0, 0.05) is 16.1 Å². The average molecular weight is 248 g/mol. The maximum absolute atomic E-state index is 5.64. The fourth-order valence-electron chi connectivity index (χ4n) is 1.57. The number of nitrogens with zero attached hydrogens (tertiary/aromatic N) is 1. The SMILES string of the molecule is Brc1cnc2c(c1)oc1ccccc12. The van der Waals surface area contributed by atoms with E-state index in [2.05, 4.69) is 20.9 Å². The number of benzene rings is 1. The summed E-state index contributed by atoms with van der Waals surface area (Å²) in [4.78, 5) is 4.33. The summed E-state index contributed by atoms with van der Waals surface area (Å²) < 4.78 is 6.58. The molecule has 0 aliphatic carbocycles. The van der Waals surface area contributed by atoms with Crippen LogP contribution in [0, 0.1) is 0 Å². The van der Waals surface area contributed by atoms with Gasteiger partial charge in [-0.1, -0.05) is 12.1 Å². The van der Waals surface area contributed by atoms with Crippen LogP contribution in [0.25, 0.3) is 22.1 Å². The van der Waals surface area contributed by atoms with Crippen molar-refractivity contribution in [1.82, 2.24) is 4.98 Å². The first-order chi connectivity index (χ1) is 6.84. The van der Waals surface area contributed by atoms with E-state index in [1.807, 2.05) is 30.3 Å². The Morgan fingerprint density at radius 3 is 2.93 bits per heavy atom. The predicted molar refractivity (Wildman–Crippen MR) is 59.2 cm³/mol. The highest BCUT2D eigenvalue weighted by atomic mass is 79.9. The molecule has 14 heavy (non-hydrogen) atoms. The van der Waals surface area contributed by atoms with Crippen LogP contribution in [0.5, 0.6) is 0 Å². The molecule has 0 unspecified atom stereocenters. The zero-order valence-electron chi connectivity index (χ0n) is 7.20. The van der Waals surface area contributed by atoms with Gasteiger partial charge in [-0.15, -0.1) is 0 Å². The minimum atomic E-state index is 0.820. The number of furan rings is 1. The molecule has 3 aromatic rings. The number of pyridine rings is 1. The molecule has 0 bridgehead atoms. The first-order valence-electron chi connectivity index (χ1n) is 4.27. The van der Waals surface area contributed by atoms with Crippen molar-refractivity contribution in [2.24, 2.45) is 0 Å². The highest BCUT2D eigenvalue weighted by Gasteiger charge is 2.06. The molecule has 68 valence electrons. The van der Waals surface area contributed by atoms with E-state index < -0.39 is 0 Å². The van der Waals surface area contributed by atoms with Gasteiger partial charge in [-0.2, -0.15) is 0 Å². The van der Waals surface area contributed by atoms with Crippen molar-refractivity contribution in [2.45, 2.75) is 0 Å². The van der Waals surface area contributed by atoms with Crippen LogP contribution in [0.1, 0.15) is 0 Å². The van der Waals surface area contributed by atoms with Crippen LogP contribution >= 0.6 is 15.9 Å². The monoisotopic (exact) mass is 247 g/mol. The Hall–Kier alpha value is -1.35. The van der Waals surface area contributed by atoms with E-state index in [1.54, 1.807) is 6.20 Å². The van der Waals surface area contributed by atoms with E-state index in [4.69, 9.17) is 4.42 Å². The summed E-state index contributed by atoms with van der Waals surface area (Å²) in [5.74, 6) is 0. The van der Waals surface area contributed by atoms with E-state index in [9.17, 15) is 0 Å².